The number of nitrogens with one attached hydrogen (secondary N) is 1. The molecule has 0 unspecified atom stereocenters. The molecule has 0 aromatic heterocycles. The molecule has 0 radical (unpaired) electrons. The first-order valence-corrected chi connectivity index (χ1v) is 7.79. The number of halogens is 1. The molecule has 0 atom stereocenters. The SMILES string of the molecule is COc1ccc(C(=O)c2ccc(F)c(C)c2)cc1NC(=O)C1CC1. The minimum absolute atomic E-state index is 0.0498. The van der Waals surface area contributed by atoms with Crippen LogP contribution in [0.2, 0.25) is 0 Å². The molecule has 0 saturated heterocycles. The highest BCUT2D eigenvalue weighted by atomic mass is 19.1. The van der Waals surface area contributed by atoms with E-state index in [1.165, 1.54) is 25.3 Å². The van der Waals surface area contributed by atoms with Crippen LogP contribution in [0.5, 0.6) is 5.75 Å². The molecular weight excluding hydrogens is 309 g/mol. The molecule has 1 saturated carbocycles. The summed E-state index contributed by atoms with van der Waals surface area (Å²) in [4.78, 5) is 24.6. The van der Waals surface area contributed by atoms with E-state index in [2.05, 4.69) is 5.32 Å². The summed E-state index contributed by atoms with van der Waals surface area (Å²) in [5.41, 5.74) is 1.70. The van der Waals surface area contributed by atoms with Crippen molar-refractivity contribution in [2.75, 3.05) is 12.4 Å². The van der Waals surface area contributed by atoms with E-state index in [0.717, 1.165) is 12.8 Å². The molecule has 0 bridgehead atoms. The Morgan fingerprint density at radius 1 is 1.12 bits per heavy atom. The zero-order valence-corrected chi connectivity index (χ0v) is 13.6. The largest absolute Gasteiger partial charge is 0.495 e. The molecule has 4 nitrogen and oxygen atoms in total. The van der Waals surface area contributed by atoms with Gasteiger partial charge in [-0.3, -0.25) is 9.59 Å². The van der Waals surface area contributed by atoms with Crippen LogP contribution in [0.1, 0.15) is 34.3 Å². The van der Waals surface area contributed by atoms with Crippen LogP contribution >= 0.6 is 0 Å². The third-order valence-corrected chi connectivity index (χ3v) is 4.09. The first kappa shape index (κ1) is 16.2. The van der Waals surface area contributed by atoms with Crippen molar-refractivity contribution in [3.8, 4) is 5.75 Å². The maximum atomic E-state index is 13.4. The van der Waals surface area contributed by atoms with Gasteiger partial charge in [0.15, 0.2) is 5.78 Å². The smallest absolute Gasteiger partial charge is 0.227 e. The van der Waals surface area contributed by atoms with Gasteiger partial charge in [0.1, 0.15) is 11.6 Å². The molecule has 0 heterocycles. The quantitative estimate of drug-likeness (QED) is 0.852. The highest BCUT2D eigenvalue weighted by Crippen LogP contribution is 2.33. The Morgan fingerprint density at radius 2 is 1.79 bits per heavy atom. The standard InChI is InChI=1S/C19H18FNO3/c1-11-9-13(5-7-15(11)20)18(22)14-6-8-17(24-2)16(10-14)21-19(23)12-3-4-12/h5-10,12H,3-4H2,1-2H3,(H,21,23). The van der Waals surface area contributed by atoms with Gasteiger partial charge in [-0.15, -0.1) is 0 Å². The minimum atomic E-state index is -0.348. The van der Waals surface area contributed by atoms with E-state index >= 15 is 0 Å². The van der Waals surface area contributed by atoms with Crippen LogP contribution in [-0.4, -0.2) is 18.8 Å². The fraction of sp³-hybridized carbons (Fsp3) is 0.263. The number of benzene rings is 2. The van der Waals surface area contributed by atoms with Gasteiger partial charge in [-0.1, -0.05) is 0 Å². The van der Waals surface area contributed by atoms with Crippen molar-refractivity contribution < 1.29 is 18.7 Å². The Balaban J connectivity index is 1.90. The second-order valence-electron chi connectivity index (χ2n) is 5.97. The van der Waals surface area contributed by atoms with Gasteiger partial charge in [-0.2, -0.15) is 0 Å². The first-order valence-electron chi connectivity index (χ1n) is 7.79. The van der Waals surface area contributed by atoms with Gasteiger partial charge in [0.25, 0.3) is 0 Å². The highest BCUT2D eigenvalue weighted by molar-refractivity contribution is 6.10. The van der Waals surface area contributed by atoms with Gasteiger partial charge in [-0.25, -0.2) is 4.39 Å². The van der Waals surface area contributed by atoms with Crippen molar-refractivity contribution >= 4 is 17.4 Å². The van der Waals surface area contributed by atoms with Crippen LogP contribution in [0.4, 0.5) is 10.1 Å². The van der Waals surface area contributed by atoms with Crippen LogP contribution in [0.3, 0.4) is 0 Å². The Morgan fingerprint density at radius 3 is 2.42 bits per heavy atom. The van der Waals surface area contributed by atoms with Gasteiger partial charge < -0.3 is 10.1 Å². The van der Waals surface area contributed by atoms with E-state index < -0.39 is 0 Å². The maximum absolute atomic E-state index is 13.4. The second kappa shape index (κ2) is 6.43. The maximum Gasteiger partial charge on any atom is 0.227 e. The molecule has 2 aromatic carbocycles. The molecule has 1 amide bonds. The molecule has 124 valence electrons. The molecule has 0 aliphatic heterocycles. The van der Waals surface area contributed by atoms with E-state index in [9.17, 15) is 14.0 Å². The van der Waals surface area contributed by atoms with Crippen molar-refractivity contribution in [2.45, 2.75) is 19.8 Å². The summed E-state index contributed by atoms with van der Waals surface area (Å²) in [6.45, 7) is 1.61. The fourth-order valence-electron chi connectivity index (χ4n) is 2.48. The van der Waals surface area contributed by atoms with Crippen LogP contribution in [0.25, 0.3) is 0 Å². The summed E-state index contributed by atoms with van der Waals surface area (Å²) in [6.07, 6.45) is 1.78. The lowest BCUT2D eigenvalue weighted by Crippen LogP contribution is -2.14. The molecule has 1 aliphatic carbocycles. The number of ketones is 1. The molecule has 3 rings (SSSR count). The number of hydrogen-bond donors (Lipinski definition) is 1. The number of carbonyl (C=O) groups excluding carboxylic acids is 2. The molecule has 1 aliphatic rings. The lowest BCUT2D eigenvalue weighted by Gasteiger charge is -2.12. The summed E-state index contributed by atoms with van der Waals surface area (Å²) in [6, 6.07) is 9.13. The van der Waals surface area contributed by atoms with E-state index in [0.29, 0.717) is 28.1 Å². The third kappa shape index (κ3) is 3.30. The van der Waals surface area contributed by atoms with E-state index in [4.69, 9.17) is 4.74 Å². The van der Waals surface area contributed by atoms with Gasteiger partial charge in [-0.05, 0) is 61.7 Å². The number of methoxy groups -OCH3 is 1. The monoisotopic (exact) mass is 327 g/mol. The molecule has 0 spiro atoms. The first-order chi connectivity index (χ1) is 11.5. The van der Waals surface area contributed by atoms with Crippen molar-refractivity contribution in [1.82, 2.24) is 0 Å². The Bertz CT molecular complexity index is 812. The molecule has 1 fully saturated rings. The summed E-state index contributed by atoms with van der Waals surface area (Å²) in [7, 11) is 1.51. The Hall–Kier alpha value is -2.69. The van der Waals surface area contributed by atoms with Gasteiger partial charge in [0.2, 0.25) is 5.91 Å². The lowest BCUT2D eigenvalue weighted by atomic mass is 10.0. The predicted molar refractivity (Wildman–Crippen MR) is 88.9 cm³/mol. The average Bonchev–Trinajstić information content (AvgIpc) is 3.41. The molecule has 1 N–H and O–H groups in total. The number of amides is 1. The van der Waals surface area contributed by atoms with Crippen LogP contribution in [-0.2, 0) is 4.79 Å². The number of carbonyl (C=O) groups is 2. The number of anilines is 1. The number of rotatable bonds is 5. The van der Waals surface area contributed by atoms with Gasteiger partial charge in [0.05, 0.1) is 12.8 Å². The third-order valence-electron chi connectivity index (χ3n) is 4.09. The molecule has 5 heteroatoms. The Kier molecular flexibility index (Phi) is 4.34. The van der Waals surface area contributed by atoms with E-state index in [1.807, 2.05) is 0 Å². The number of aryl methyl sites for hydroxylation is 1. The Labute approximate surface area is 139 Å². The zero-order chi connectivity index (χ0) is 17.3. The topological polar surface area (TPSA) is 55.4 Å². The molecule has 24 heavy (non-hydrogen) atoms. The van der Waals surface area contributed by atoms with Gasteiger partial charge >= 0.3 is 0 Å². The normalized spacial score (nSPS) is 13.5. The second-order valence-corrected chi connectivity index (χ2v) is 5.97. The average molecular weight is 327 g/mol. The van der Waals surface area contributed by atoms with Crippen LogP contribution in [0.15, 0.2) is 36.4 Å². The zero-order valence-electron chi connectivity index (χ0n) is 13.6. The van der Waals surface area contributed by atoms with Crippen molar-refractivity contribution in [1.29, 1.82) is 0 Å². The van der Waals surface area contributed by atoms with Gasteiger partial charge in [0, 0.05) is 17.0 Å². The lowest BCUT2D eigenvalue weighted by molar-refractivity contribution is -0.117. The predicted octanol–water partition coefficient (Wildman–Crippen LogP) is 3.72. The van der Waals surface area contributed by atoms with Crippen LogP contribution in [0, 0.1) is 18.7 Å². The van der Waals surface area contributed by atoms with Crippen molar-refractivity contribution in [2.24, 2.45) is 5.92 Å². The summed E-state index contributed by atoms with van der Waals surface area (Å²) < 4.78 is 18.6. The number of ether oxygens (including phenoxy) is 1. The summed E-state index contributed by atoms with van der Waals surface area (Å²) in [5.74, 6) is -0.0958. The number of hydrogen-bond acceptors (Lipinski definition) is 3. The van der Waals surface area contributed by atoms with E-state index in [1.54, 1.807) is 25.1 Å². The van der Waals surface area contributed by atoms with Crippen molar-refractivity contribution in [3.63, 3.8) is 0 Å². The van der Waals surface area contributed by atoms with Crippen LogP contribution < -0.4 is 10.1 Å². The fourth-order valence-corrected chi connectivity index (χ4v) is 2.48. The van der Waals surface area contributed by atoms with Crippen molar-refractivity contribution in [3.05, 3.63) is 58.9 Å². The molecule has 2 aromatic rings. The minimum Gasteiger partial charge on any atom is -0.495 e. The molecular formula is C19H18FNO3. The summed E-state index contributed by atoms with van der Waals surface area (Å²) in [5, 5.41) is 2.81. The highest BCUT2D eigenvalue weighted by Gasteiger charge is 2.30. The van der Waals surface area contributed by atoms with E-state index in [-0.39, 0.29) is 23.4 Å². The summed E-state index contributed by atoms with van der Waals surface area (Å²) >= 11 is 0.